The summed E-state index contributed by atoms with van der Waals surface area (Å²) in [5, 5.41) is 0.213. The number of unbranched alkanes of at least 4 members (excludes halogenated alkanes) is 1. The second-order valence-corrected chi connectivity index (χ2v) is 16.0. The molecule has 26 heavy (non-hydrogen) atoms. The maximum absolute atomic E-state index is 12.9. The maximum Gasteiger partial charge on any atom is 0.227 e. The summed E-state index contributed by atoms with van der Waals surface area (Å²) in [6.07, 6.45) is 4.66. The molecule has 5 nitrogen and oxygen atoms in total. The molecule has 0 N–H and O–H groups in total. The molecule has 0 heterocycles. The van der Waals surface area contributed by atoms with Crippen molar-refractivity contribution < 1.29 is 13.2 Å². The topological polar surface area (TPSA) is 57.7 Å². The average Bonchev–Trinajstić information content (AvgIpc) is 2.53. The number of hydrogen-bond donors (Lipinski definition) is 0. The molecule has 156 valence electrons. The Morgan fingerprint density at radius 2 is 1.69 bits per heavy atom. The molecule has 0 aromatic rings. The van der Waals surface area contributed by atoms with Crippen molar-refractivity contribution in [2.75, 3.05) is 18.8 Å². The Bertz CT molecular complexity index is 570. The molecule has 0 aliphatic carbocycles. The van der Waals surface area contributed by atoms with Gasteiger partial charge in [0.05, 0.1) is 5.75 Å². The lowest BCUT2D eigenvalue weighted by Gasteiger charge is -2.41. The zero-order chi connectivity index (χ0) is 20.4. The Hall–Kier alpha value is 0.380. The summed E-state index contributed by atoms with van der Waals surface area (Å²) in [5.74, 6) is 0.0573. The lowest BCUT2D eigenvalue weighted by atomic mass is 10.2. The Labute approximate surface area is 170 Å². The quantitative estimate of drug-likeness (QED) is 0.343. The van der Waals surface area contributed by atoms with Crippen LogP contribution < -0.4 is 0 Å². The molecule has 0 bridgehead atoms. The van der Waals surface area contributed by atoms with Gasteiger partial charge in [-0.1, -0.05) is 58.8 Å². The van der Waals surface area contributed by atoms with Gasteiger partial charge in [0.1, 0.15) is 0 Å². The second-order valence-electron chi connectivity index (χ2n) is 6.36. The molecular formula is C17H37N2O3PS3. The van der Waals surface area contributed by atoms with Crippen LogP contribution in [0.15, 0.2) is 0 Å². The zero-order valence-corrected chi connectivity index (χ0v) is 20.6. The van der Waals surface area contributed by atoms with E-state index in [0.29, 0.717) is 25.9 Å². The molecule has 2 atom stereocenters. The van der Waals surface area contributed by atoms with E-state index in [1.165, 1.54) is 15.5 Å². The van der Waals surface area contributed by atoms with Gasteiger partial charge in [-0.25, -0.2) is 8.42 Å². The highest BCUT2D eigenvalue weighted by Gasteiger charge is 2.41. The second kappa shape index (κ2) is 12.8. The summed E-state index contributed by atoms with van der Waals surface area (Å²) in [5.41, 5.74) is -2.79. The number of carbonyl (C=O) groups excluding carboxylic acids is 1. The number of rotatable bonds is 14. The van der Waals surface area contributed by atoms with E-state index in [0.717, 1.165) is 25.7 Å². The highest BCUT2D eigenvalue weighted by Crippen LogP contribution is 2.67. The maximum atomic E-state index is 12.9. The molecule has 1 amide bonds. The van der Waals surface area contributed by atoms with Gasteiger partial charge < -0.3 is 0 Å². The molecule has 2 unspecified atom stereocenters. The van der Waals surface area contributed by atoms with E-state index in [9.17, 15) is 13.2 Å². The molecule has 0 aromatic heterocycles. The third kappa shape index (κ3) is 7.42. The van der Waals surface area contributed by atoms with Crippen LogP contribution in [0.3, 0.4) is 0 Å². The third-order valence-electron chi connectivity index (χ3n) is 3.98. The first kappa shape index (κ1) is 26.4. The number of amides is 1. The van der Waals surface area contributed by atoms with Crippen molar-refractivity contribution in [3.05, 3.63) is 0 Å². The van der Waals surface area contributed by atoms with Crippen LogP contribution in [0, 0.1) is 0 Å². The minimum Gasteiger partial charge on any atom is -0.295 e. The minimum atomic E-state index is -3.49. The van der Waals surface area contributed by atoms with Gasteiger partial charge in [-0.05, 0) is 38.0 Å². The molecule has 0 saturated heterocycles. The predicted molar refractivity (Wildman–Crippen MR) is 120 cm³/mol. The first-order valence-corrected chi connectivity index (χ1v) is 15.5. The summed E-state index contributed by atoms with van der Waals surface area (Å²) in [6, 6.07) is 0. The molecule has 0 spiro atoms. The van der Waals surface area contributed by atoms with Crippen LogP contribution in [0.4, 0.5) is 0 Å². The fraction of sp³-hybridized carbons (Fsp3) is 0.941. The Balaban J connectivity index is 6.07. The fourth-order valence-electron chi connectivity index (χ4n) is 2.77. The number of hydrogen-bond acceptors (Lipinski definition) is 5. The van der Waals surface area contributed by atoms with Gasteiger partial charge in [-0.15, -0.1) is 4.08 Å². The van der Waals surface area contributed by atoms with Crippen molar-refractivity contribution in [2.45, 2.75) is 85.3 Å². The van der Waals surface area contributed by atoms with Crippen LogP contribution in [0.2, 0.25) is 0 Å². The van der Waals surface area contributed by atoms with Crippen LogP contribution in [-0.4, -0.2) is 47.2 Å². The van der Waals surface area contributed by atoms with Gasteiger partial charge in [-0.3, -0.25) is 9.46 Å². The van der Waals surface area contributed by atoms with Crippen molar-refractivity contribution >= 4 is 44.7 Å². The summed E-state index contributed by atoms with van der Waals surface area (Å²) < 4.78 is 29.1. The largest absolute Gasteiger partial charge is 0.295 e. The molecule has 0 aliphatic rings. The monoisotopic (exact) mass is 444 g/mol. The first-order valence-electron chi connectivity index (χ1n) is 9.74. The van der Waals surface area contributed by atoms with E-state index < -0.39 is 15.6 Å². The van der Waals surface area contributed by atoms with Crippen molar-refractivity contribution in [1.82, 2.24) is 8.75 Å². The SMILES string of the molecule is CCCCC(=O)N(CC)P(=S)(SC(C)CCC)N(CC)S(=O)(=O)CCC. The first-order chi connectivity index (χ1) is 12.1. The van der Waals surface area contributed by atoms with Gasteiger partial charge in [0, 0.05) is 24.8 Å². The van der Waals surface area contributed by atoms with E-state index in [4.69, 9.17) is 11.8 Å². The number of nitrogens with zero attached hydrogens (tertiary/aromatic N) is 2. The molecule has 0 aliphatic heterocycles. The minimum absolute atomic E-state index is 0.0148. The lowest BCUT2D eigenvalue weighted by molar-refractivity contribution is -0.126. The third-order valence-corrected chi connectivity index (χ3v) is 15.8. The molecule has 9 heteroatoms. The van der Waals surface area contributed by atoms with Crippen LogP contribution in [-0.2, 0) is 26.6 Å². The highest BCUT2D eigenvalue weighted by atomic mass is 32.9. The number of sulfonamides is 1. The Morgan fingerprint density at radius 3 is 2.12 bits per heavy atom. The van der Waals surface area contributed by atoms with Crippen molar-refractivity contribution in [2.24, 2.45) is 0 Å². The number of carbonyl (C=O) groups is 1. The molecular weight excluding hydrogens is 407 g/mol. The van der Waals surface area contributed by atoms with E-state index >= 15 is 0 Å². The van der Waals surface area contributed by atoms with Crippen LogP contribution in [0.5, 0.6) is 0 Å². The van der Waals surface area contributed by atoms with Crippen LogP contribution >= 0.6 is 16.9 Å². The van der Waals surface area contributed by atoms with E-state index in [-0.39, 0.29) is 16.9 Å². The Morgan fingerprint density at radius 1 is 1.08 bits per heavy atom. The molecule has 0 radical (unpaired) electrons. The van der Waals surface area contributed by atoms with Gasteiger partial charge in [0.2, 0.25) is 15.9 Å². The summed E-state index contributed by atoms with van der Waals surface area (Å²) in [6.45, 7) is 12.6. The van der Waals surface area contributed by atoms with Gasteiger partial charge in [-0.2, -0.15) is 0 Å². The zero-order valence-electron chi connectivity index (χ0n) is 17.2. The summed E-state index contributed by atoms with van der Waals surface area (Å²) >= 11 is 7.58. The summed E-state index contributed by atoms with van der Waals surface area (Å²) in [4.78, 5) is 12.9. The van der Waals surface area contributed by atoms with Crippen LogP contribution in [0.25, 0.3) is 0 Å². The van der Waals surface area contributed by atoms with Gasteiger partial charge >= 0.3 is 0 Å². The fourth-order valence-corrected chi connectivity index (χ4v) is 15.8. The van der Waals surface area contributed by atoms with Crippen molar-refractivity contribution in [3.8, 4) is 0 Å². The van der Waals surface area contributed by atoms with E-state index in [1.54, 1.807) is 4.67 Å². The molecule has 0 rings (SSSR count). The summed E-state index contributed by atoms with van der Waals surface area (Å²) in [7, 11) is -3.49. The van der Waals surface area contributed by atoms with Crippen molar-refractivity contribution in [1.29, 1.82) is 0 Å². The Kier molecular flexibility index (Phi) is 12.9. The predicted octanol–water partition coefficient (Wildman–Crippen LogP) is 5.23. The van der Waals surface area contributed by atoms with E-state index in [1.807, 2.05) is 27.7 Å². The van der Waals surface area contributed by atoms with Gasteiger partial charge in [0.15, 0.2) is 5.54 Å². The molecule has 0 fully saturated rings. The molecule has 0 saturated carbocycles. The molecule has 0 aromatic carbocycles. The highest BCUT2D eigenvalue weighted by molar-refractivity contribution is 8.70. The normalized spacial score (nSPS) is 15.7. The smallest absolute Gasteiger partial charge is 0.227 e. The average molecular weight is 445 g/mol. The standard InChI is InChI=1S/C17H37N2O3PS3/c1-7-12-14-17(20)18(10-4)23(24,25-16(6)13-8-2)19(11-5)26(21,22)15-9-3/h16H,7-15H2,1-6H3. The van der Waals surface area contributed by atoms with E-state index in [2.05, 4.69) is 13.8 Å². The van der Waals surface area contributed by atoms with Gasteiger partial charge in [0.25, 0.3) is 0 Å². The van der Waals surface area contributed by atoms with Crippen molar-refractivity contribution in [3.63, 3.8) is 0 Å². The van der Waals surface area contributed by atoms with Crippen LogP contribution in [0.1, 0.15) is 80.1 Å². The lowest BCUT2D eigenvalue weighted by Crippen LogP contribution is -2.39.